The summed E-state index contributed by atoms with van der Waals surface area (Å²) in [7, 11) is 0. The summed E-state index contributed by atoms with van der Waals surface area (Å²) in [6, 6.07) is 8.54. The maximum Gasteiger partial charge on any atom is 0.405 e. The van der Waals surface area contributed by atoms with Gasteiger partial charge in [0.05, 0.1) is 5.71 Å². The van der Waals surface area contributed by atoms with E-state index in [1.165, 1.54) is 0 Å². The number of amides is 1. The number of aromatic nitrogens is 2. The molecule has 10 heteroatoms. The molecular formula is C20H21F3N4O3. The van der Waals surface area contributed by atoms with Crippen molar-refractivity contribution in [2.24, 2.45) is 5.16 Å². The summed E-state index contributed by atoms with van der Waals surface area (Å²) >= 11 is 0. The molecule has 1 atom stereocenters. The Balaban J connectivity index is 1.55. The van der Waals surface area contributed by atoms with E-state index in [1.807, 2.05) is 19.9 Å². The van der Waals surface area contributed by atoms with E-state index in [0.29, 0.717) is 17.7 Å². The summed E-state index contributed by atoms with van der Waals surface area (Å²) in [4.78, 5) is 29.2. The third-order valence-electron chi connectivity index (χ3n) is 4.72. The van der Waals surface area contributed by atoms with Crippen LogP contribution in [-0.4, -0.2) is 40.3 Å². The first-order chi connectivity index (χ1) is 14.1. The molecule has 1 aromatic heterocycles. The van der Waals surface area contributed by atoms with Crippen LogP contribution in [0.25, 0.3) is 0 Å². The standard InChI is InChI=1S/C20H21F3N4O3/c1-12-9-17(26-25-12)19(2)10-15(27-30-19)13-3-5-14(6-4-13)16(28)7-8-18(29)24-11-20(21,22)23/h3-6,9H,7-8,10-11H2,1-2H3,(H,24,29)(H,25,26). The van der Waals surface area contributed by atoms with Crippen LogP contribution in [0.3, 0.4) is 0 Å². The fraction of sp³-hybridized carbons (Fsp3) is 0.400. The van der Waals surface area contributed by atoms with Crippen molar-refractivity contribution >= 4 is 17.4 Å². The van der Waals surface area contributed by atoms with Gasteiger partial charge >= 0.3 is 6.18 Å². The van der Waals surface area contributed by atoms with Crippen LogP contribution in [0.15, 0.2) is 35.5 Å². The smallest absolute Gasteiger partial charge is 0.382 e. The third-order valence-corrected chi connectivity index (χ3v) is 4.72. The second kappa shape index (κ2) is 8.29. The van der Waals surface area contributed by atoms with Crippen LogP contribution < -0.4 is 5.32 Å². The number of hydrogen-bond acceptors (Lipinski definition) is 5. The number of H-pyrrole nitrogens is 1. The van der Waals surface area contributed by atoms with Gasteiger partial charge in [-0.05, 0) is 25.5 Å². The number of benzene rings is 1. The van der Waals surface area contributed by atoms with E-state index in [4.69, 9.17) is 4.84 Å². The molecule has 1 amide bonds. The number of hydrogen-bond donors (Lipinski definition) is 2. The lowest BCUT2D eigenvalue weighted by molar-refractivity contribution is -0.138. The van der Waals surface area contributed by atoms with Crippen LogP contribution >= 0.6 is 0 Å². The number of halogens is 3. The highest BCUT2D eigenvalue weighted by atomic mass is 19.4. The lowest BCUT2D eigenvalue weighted by Gasteiger charge is -2.18. The largest absolute Gasteiger partial charge is 0.405 e. The van der Waals surface area contributed by atoms with E-state index in [1.54, 1.807) is 29.6 Å². The highest BCUT2D eigenvalue weighted by Crippen LogP contribution is 2.35. The van der Waals surface area contributed by atoms with E-state index in [0.717, 1.165) is 17.0 Å². The molecule has 1 unspecified atom stereocenters. The zero-order valence-electron chi connectivity index (χ0n) is 16.5. The average molecular weight is 422 g/mol. The van der Waals surface area contributed by atoms with Crippen LogP contribution in [0.4, 0.5) is 13.2 Å². The summed E-state index contributed by atoms with van der Waals surface area (Å²) in [5.74, 6) is -1.15. The number of rotatable bonds is 7. The van der Waals surface area contributed by atoms with Crippen LogP contribution in [0.5, 0.6) is 0 Å². The topological polar surface area (TPSA) is 96.4 Å². The highest BCUT2D eigenvalue weighted by Gasteiger charge is 2.38. The van der Waals surface area contributed by atoms with Crippen molar-refractivity contribution in [3.05, 3.63) is 52.8 Å². The molecule has 0 bridgehead atoms. The Bertz CT molecular complexity index is 966. The highest BCUT2D eigenvalue weighted by molar-refractivity contribution is 6.03. The van der Waals surface area contributed by atoms with Crippen LogP contribution in [0.2, 0.25) is 0 Å². The van der Waals surface area contributed by atoms with Gasteiger partial charge in [0.15, 0.2) is 11.4 Å². The predicted molar refractivity (Wildman–Crippen MR) is 102 cm³/mol. The number of aromatic amines is 1. The number of aryl methyl sites for hydroxylation is 1. The van der Waals surface area contributed by atoms with Gasteiger partial charge in [0, 0.05) is 30.5 Å². The average Bonchev–Trinajstić information content (AvgIpc) is 3.31. The van der Waals surface area contributed by atoms with Crippen molar-refractivity contribution in [3.63, 3.8) is 0 Å². The first-order valence-electron chi connectivity index (χ1n) is 9.30. The molecule has 30 heavy (non-hydrogen) atoms. The second-order valence-electron chi connectivity index (χ2n) is 7.37. The molecule has 2 heterocycles. The Morgan fingerprint density at radius 2 is 1.93 bits per heavy atom. The number of nitrogens with zero attached hydrogens (tertiary/aromatic N) is 2. The van der Waals surface area contributed by atoms with Gasteiger partial charge in [-0.25, -0.2) is 0 Å². The molecule has 0 spiro atoms. The molecule has 0 fully saturated rings. The lowest BCUT2D eigenvalue weighted by Crippen LogP contribution is -2.33. The van der Waals surface area contributed by atoms with Crippen LogP contribution in [0, 0.1) is 6.92 Å². The molecule has 0 saturated carbocycles. The van der Waals surface area contributed by atoms with Crippen molar-refractivity contribution in [1.82, 2.24) is 15.5 Å². The summed E-state index contributed by atoms with van der Waals surface area (Å²) in [6.07, 6.45) is -4.46. The molecule has 7 nitrogen and oxygen atoms in total. The molecule has 1 aliphatic heterocycles. The molecule has 1 aliphatic rings. The fourth-order valence-electron chi connectivity index (χ4n) is 3.03. The van der Waals surface area contributed by atoms with E-state index in [-0.39, 0.29) is 18.6 Å². The van der Waals surface area contributed by atoms with Gasteiger partial charge < -0.3 is 10.2 Å². The van der Waals surface area contributed by atoms with Crippen molar-refractivity contribution < 1.29 is 27.6 Å². The lowest BCUT2D eigenvalue weighted by atomic mass is 9.92. The van der Waals surface area contributed by atoms with Crippen molar-refractivity contribution in [3.8, 4) is 0 Å². The Labute approximate surface area is 170 Å². The minimum Gasteiger partial charge on any atom is -0.382 e. The van der Waals surface area contributed by atoms with Crippen molar-refractivity contribution in [2.75, 3.05) is 6.54 Å². The number of alkyl halides is 3. The molecule has 2 N–H and O–H groups in total. The Morgan fingerprint density at radius 1 is 1.23 bits per heavy atom. The first-order valence-corrected chi connectivity index (χ1v) is 9.30. The minimum atomic E-state index is -4.48. The molecule has 160 valence electrons. The monoisotopic (exact) mass is 422 g/mol. The van der Waals surface area contributed by atoms with Crippen molar-refractivity contribution in [2.45, 2.75) is 44.9 Å². The number of carbonyl (C=O) groups excluding carboxylic acids is 2. The van der Waals surface area contributed by atoms with Crippen LogP contribution in [0.1, 0.15) is 53.5 Å². The number of Topliss-reactive ketones (excluding diaryl/α,β-unsaturated/α-hetero) is 1. The SMILES string of the molecule is Cc1cc(C2(C)CC(c3ccc(C(=O)CCC(=O)NCC(F)(F)F)cc3)=NO2)n[nH]1. The van der Waals surface area contributed by atoms with E-state index < -0.39 is 24.2 Å². The first kappa shape index (κ1) is 21.5. The maximum atomic E-state index is 12.2. The van der Waals surface area contributed by atoms with Gasteiger partial charge in [0.1, 0.15) is 12.2 Å². The normalized spacial score (nSPS) is 18.6. The Kier molecular flexibility index (Phi) is 5.95. The quantitative estimate of drug-likeness (QED) is 0.669. The van der Waals surface area contributed by atoms with Gasteiger partial charge in [-0.15, -0.1) is 0 Å². The zero-order valence-corrected chi connectivity index (χ0v) is 16.5. The van der Waals surface area contributed by atoms with E-state index >= 15 is 0 Å². The van der Waals surface area contributed by atoms with Gasteiger partial charge in [-0.3, -0.25) is 14.7 Å². The molecule has 1 aromatic carbocycles. The fourth-order valence-corrected chi connectivity index (χ4v) is 3.03. The molecular weight excluding hydrogens is 401 g/mol. The molecule has 2 aromatic rings. The van der Waals surface area contributed by atoms with Gasteiger partial charge in [-0.2, -0.15) is 18.3 Å². The number of carbonyl (C=O) groups is 2. The second-order valence-corrected chi connectivity index (χ2v) is 7.37. The third kappa shape index (κ3) is 5.25. The van der Waals surface area contributed by atoms with Gasteiger partial charge in [0.25, 0.3) is 0 Å². The summed E-state index contributed by atoms with van der Waals surface area (Å²) < 4.78 is 36.3. The predicted octanol–water partition coefficient (Wildman–Crippen LogP) is 3.40. The van der Waals surface area contributed by atoms with Crippen LogP contribution in [-0.2, 0) is 15.2 Å². The van der Waals surface area contributed by atoms with Gasteiger partial charge in [0.2, 0.25) is 5.91 Å². The maximum absolute atomic E-state index is 12.2. The number of nitrogens with one attached hydrogen (secondary N) is 2. The van der Waals surface area contributed by atoms with Gasteiger partial charge in [-0.1, -0.05) is 29.4 Å². The summed E-state index contributed by atoms with van der Waals surface area (Å²) in [6.45, 7) is 2.38. The summed E-state index contributed by atoms with van der Waals surface area (Å²) in [5.41, 5.74) is 2.84. The zero-order chi connectivity index (χ0) is 21.9. The van der Waals surface area contributed by atoms with Crippen molar-refractivity contribution in [1.29, 1.82) is 0 Å². The summed E-state index contributed by atoms with van der Waals surface area (Å²) in [5, 5.41) is 13.0. The molecule has 0 saturated heterocycles. The molecule has 3 rings (SSSR count). The van der Waals surface area contributed by atoms with E-state index in [9.17, 15) is 22.8 Å². The number of ketones is 1. The molecule has 0 aliphatic carbocycles. The van der Waals surface area contributed by atoms with E-state index in [2.05, 4.69) is 15.4 Å². The minimum absolute atomic E-state index is 0.177. The number of oxime groups is 1. The Hall–Kier alpha value is -3.17. The molecule has 0 radical (unpaired) electrons. The Morgan fingerprint density at radius 3 is 2.53 bits per heavy atom.